The lowest BCUT2D eigenvalue weighted by Gasteiger charge is -2.32. The van der Waals surface area contributed by atoms with Crippen LogP contribution in [-0.4, -0.2) is 24.0 Å². The molecule has 21 heavy (non-hydrogen) atoms. The molecule has 106 valence electrons. The van der Waals surface area contributed by atoms with Crippen LogP contribution in [0, 0.1) is 5.92 Å². The molecule has 2 aliphatic heterocycles. The van der Waals surface area contributed by atoms with Crippen molar-refractivity contribution >= 4 is 11.6 Å². The van der Waals surface area contributed by atoms with E-state index >= 15 is 0 Å². The van der Waals surface area contributed by atoms with Gasteiger partial charge >= 0.3 is 0 Å². The van der Waals surface area contributed by atoms with E-state index in [9.17, 15) is 4.79 Å². The number of fused-ring (bicyclic) bond motifs is 1. The SMILES string of the molecule is O=C1Nc2ccccc2C1(c1ccccn1)[C@@H]1CCNC1. The van der Waals surface area contributed by atoms with Gasteiger partial charge in [-0.15, -0.1) is 0 Å². The zero-order valence-electron chi connectivity index (χ0n) is 11.7. The molecule has 1 fully saturated rings. The van der Waals surface area contributed by atoms with Crippen molar-refractivity contribution in [1.29, 1.82) is 0 Å². The van der Waals surface area contributed by atoms with Crippen LogP contribution in [0.25, 0.3) is 0 Å². The second kappa shape index (κ2) is 4.67. The molecule has 1 amide bonds. The highest BCUT2D eigenvalue weighted by molar-refractivity contribution is 6.08. The topological polar surface area (TPSA) is 54.0 Å². The summed E-state index contributed by atoms with van der Waals surface area (Å²) in [6, 6.07) is 13.8. The van der Waals surface area contributed by atoms with E-state index in [-0.39, 0.29) is 11.8 Å². The Bertz CT molecular complexity index is 679. The minimum absolute atomic E-state index is 0.0519. The van der Waals surface area contributed by atoms with E-state index in [1.807, 2.05) is 36.4 Å². The largest absolute Gasteiger partial charge is 0.325 e. The van der Waals surface area contributed by atoms with Crippen molar-refractivity contribution in [3.63, 3.8) is 0 Å². The quantitative estimate of drug-likeness (QED) is 0.883. The molecular weight excluding hydrogens is 262 g/mol. The van der Waals surface area contributed by atoms with Crippen molar-refractivity contribution < 1.29 is 4.79 Å². The molecule has 1 aromatic heterocycles. The van der Waals surface area contributed by atoms with Crippen LogP contribution in [0.3, 0.4) is 0 Å². The number of amides is 1. The first-order chi connectivity index (χ1) is 10.3. The molecule has 3 heterocycles. The summed E-state index contributed by atoms with van der Waals surface area (Å²) >= 11 is 0. The minimum atomic E-state index is -0.665. The number of pyridine rings is 1. The Morgan fingerprint density at radius 3 is 2.76 bits per heavy atom. The summed E-state index contributed by atoms with van der Waals surface area (Å²) < 4.78 is 0. The molecule has 0 spiro atoms. The monoisotopic (exact) mass is 279 g/mol. The Morgan fingerprint density at radius 1 is 1.14 bits per heavy atom. The molecule has 2 aromatic rings. The summed E-state index contributed by atoms with van der Waals surface area (Å²) in [4.78, 5) is 17.5. The van der Waals surface area contributed by atoms with Gasteiger partial charge in [0.1, 0.15) is 5.41 Å². The van der Waals surface area contributed by atoms with Gasteiger partial charge in [0.05, 0.1) is 5.69 Å². The number of nitrogens with zero attached hydrogens (tertiary/aromatic N) is 1. The standard InChI is InChI=1S/C17H17N3O/c21-16-17(12-8-10-18-11-12,15-7-3-4-9-19-15)13-5-1-2-6-14(13)20-16/h1-7,9,12,18H,8,10-11H2,(H,20,21)/t12-,17?/m1/s1. The molecule has 2 aliphatic rings. The number of rotatable bonds is 2. The first kappa shape index (κ1) is 12.5. The summed E-state index contributed by atoms with van der Waals surface area (Å²) in [7, 11) is 0. The Morgan fingerprint density at radius 2 is 2.00 bits per heavy atom. The van der Waals surface area contributed by atoms with E-state index in [1.54, 1.807) is 6.20 Å². The van der Waals surface area contributed by atoms with Gasteiger partial charge < -0.3 is 10.6 Å². The Labute approximate surface area is 123 Å². The lowest BCUT2D eigenvalue weighted by molar-refractivity contribution is -0.121. The highest BCUT2D eigenvalue weighted by Gasteiger charge is 2.54. The molecule has 1 unspecified atom stereocenters. The molecule has 4 heteroatoms. The third kappa shape index (κ3) is 1.66. The van der Waals surface area contributed by atoms with Gasteiger partial charge in [0.15, 0.2) is 0 Å². The number of nitrogens with one attached hydrogen (secondary N) is 2. The summed E-state index contributed by atoms with van der Waals surface area (Å²) in [5.74, 6) is 0.284. The van der Waals surface area contributed by atoms with Crippen LogP contribution in [-0.2, 0) is 10.2 Å². The molecule has 0 aliphatic carbocycles. The van der Waals surface area contributed by atoms with E-state index < -0.39 is 5.41 Å². The van der Waals surface area contributed by atoms with Crippen molar-refractivity contribution in [2.24, 2.45) is 5.92 Å². The highest BCUT2D eigenvalue weighted by atomic mass is 16.2. The smallest absolute Gasteiger partial charge is 0.241 e. The maximum atomic E-state index is 13.0. The fourth-order valence-corrected chi connectivity index (χ4v) is 3.77. The second-order valence-electron chi connectivity index (χ2n) is 5.71. The van der Waals surface area contributed by atoms with Crippen LogP contribution in [0.2, 0.25) is 0 Å². The van der Waals surface area contributed by atoms with Crippen molar-refractivity contribution in [3.8, 4) is 0 Å². The van der Waals surface area contributed by atoms with Gasteiger partial charge in [-0.3, -0.25) is 9.78 Å². The number of hydrogen-bond acceptors (Lipinski definition) is 3. The van der Waals surface area contributed by atoms with E-state index in [1.165, 1.54) is 0 Å². The van der Waals surface area contributed by atoms with Crippen LogP contribution >= 0.6 is 0 Å². The Hall–Kier alpha value is -2.20. The molecule has 2 atom stereocenters. The third-order valence-electron chi connectivity index (χ3n) is 4.70. The van der Waals surface area contributed by atoms with Crippen LogP contribution < -0.4 is 10.6 Å². The molecular formula is C17H17N3O. The lowest BCUT2D eigenvalue weighted by atomic mass is 9.68. The molecule has 4 nitrogen and oxygen atoms in total. The number of anilines is 1. The van der Waals surface area contributed by atoms with Crippen molar-refractivity contribution in [3.05, 3.63) is 59.9 Å². The highest BCUT2D eigenvalue weighted by Crippen LogP contribution is 2.48. The van der Waals surface area contributed by atoms with E-state index in [0.29, 0.717) is 0 Å². The number of para-hydroxylation sites is 1. The molecule has 0 radical (unpaired) electrons. The normalized spacial score (nSPS) is 27.4. The number of benzene rings is 1. The van der Waals surface area contributed by atoms with E-state index in [0.717, 1.165) is 36.5 Å². The van der Waals surface area contributed by atoms with Crippen LogP contribution in [0.1, 0.15) is 17.7 Å². The van der Waals surface area contributed by atoms with Gasteiger partial charge in [-0.1, -0.05) is 24.3 Å². The number of hydrogen-bond donors (Lipinski definition) is 2. The lowest BCUT2D eigenvalue weighted by Crippen LogP contribution is -2.44. The molecule has 0 saturated carbocycles. The van der Waals surface area contributed by atoms with E-state index in [2.05, 4.69) is 21.7 Å². The van der Waals surface area contributed by atoms with Crippen LogP contribution in [0.5, 0.6) is 0 Å². The number of carbonyl (C=O) groups excluding carboxylic acids is 1. The maximum Gasteiger partial charge on any atom is 0.241 e. The van der Waals surface area contributed by atoms with Crippen LogP contribution in [0.15, 0.2) is 48.7 Å². The van der Waals surface area contributed by atoms with Gasteiger partial charge in [0.2, 0.25) is 5.91 Å². The van der Waals surface area contributed by atoms with E-state index in [4.69, 9.17) is 0 Å². The van der Waals surface area contributed by atoms with Gasteiger partial charge in [0.25, 0.3) is 0 Å². The Kier molecular flexibility index (Phi) is 2.79. The molecule has 4 rings (SSSR count). The zero-order chi connectivity index (χ0) is 14.3. The predicted molar refractivity (Wildman–Crippen MR) is 81.1 cm³/mol. The first-order valence-electron chi connectivity index (χ1n) is 7.36. The third-order valence-corrected chi connectivity index (χ3v) is 4.70. The van der Waals surface area contributed by atoms with Crippen molar-refractivity contribution in [2.75, 3.05) is 18.4 Å². The zero-order valence-corrected chi connectivity index (χ0v) is 11.7. The van der Waals surface area contributed by atoms with Crippen molar-refractivity contribution in [2.45, 2.75) is 11.8 Å². The van der Waals surface area contributed by atoms with Gasteiger partial charge in [-0.2, -0.15) is 0 Å². The summed E-state index contributed by atoms with van der Waals surface area (Å²) in [6.45, 7) is 1.80. The number of aromatic nitrogens is 1. The van der Waals surface area contributed by atoms with Crippen LogP contribution in [0.4, 0.5) is 5.69 Å². The summed E-state index contributed by atoms with van der Waals surface area (Å²) in [5.41, 5.74) is 2.16. The minimum Gasteiger partial charge on any atom is -0.325 e. The molecule has 1 saturated heterocycles. The summed E-state index contributed by atoms with van der Waals surface area (Å²) in [5, 5.41) is 6.44. The average Bonchev–Trinajstić information content (AvgIpc) is 3.14. The predicted octanol–water partition coefficient (Wildman–Crippen LogP) is 1.93. The molecule has 2 N–H and O–H groups in total. The van der Waals surface area contributed by atoms with Crippen molar-refractivity contribution in [1.82, 2.24) is 10.3 Å². The van der Waals surface area contributed by atoms with Gasteiger partial charge in [0, 0.05) is 11.9 Å². The summed E-state index contributed by atoms with van der Waals surface area (Å²) in [6.07, 6.45) is 2.76. The average molecular weight is 279 g/mol. The van der Waals surface area contributed by atoms with Gasteiger partial charge in [-0.05, 0) is 49.2 Å². The maximum absolute atomic E-state index is 13.0. The Balaban J connectivity index is 1.98. The molecule has 0 bridgehead atoms. The fourth-order valence-electron chi connectivity index (χ4n) is 3.77. The second-order valence-corrected chi connectivity index (χ2v) is 5.71. The first-order valence-corrected chi connectivity index (χ1v) is 7.36. The molecule has 1 aromatic carbocycles. The fraction of sp³-hybridized carbons (Fsp3) is 0.294. The van der Waals surface area contributed by atoms with Gasteiger partial charge in [-0.25, -0.2) is 0 Å². The number of carbonyl (C=O) groups is 1.